The highest BCUT2D eigenvalue weighted by Crippen LogP contribution is 2.22. The smallest absolute Gasteiger partial charge is 0.344 e. The van der Waals surface area contributed by atoms with Crippen LogP contribution in [0, 0.1) is 11.3 Å². The summed E-state index contributed by atoms with van der Waals surface area (Å²) in [4.78, 5) is 23.3. The molecule has 0 aromatic carbocycles. The second-order valence-electron chi connectivity index (χ2n) is 6.05. The van der Waals surface area contributed by atoms with E-state index in [2.05, 4.69) is 0 Å². The molecule has 0 atom stereocenters. The van der Waals surface area contributed by atoms with E-state index in [-0.39, 0.29) is 18.5 Å². The molecule has 0 aromatic rings. The summed E-state index contributed by atoms with van der Waals surface area (Å²) in [5.41, 5.74) is -1.11. The number of carbonyl (C=O) groups is 2. The van der Waals surface area contributed by atoms with Gasteiger partial charge in [0.2, 0.25) is 0 Å². The van der Waals surface area contributed by atoms with E-state index in [1.807, 2.05) is 34.6 Å². The Morgan fingerprint density at radius 2 is 1.61 bits per heavy atom. The lowest BCUT2D eigenvalue weighted by Gasteiger charge is -2.29. The van der Waals surface area contributed by atoms with E-state index in [9.17, 15) is 9.59 Å². The molecule has 18 heavy (non-hydrogen) atoms. The zero-order valence-corrected chi connectivity index (χ0v) is 12.6. The molecule has 0 unspecified atom stereocenters. The van der Waals surface area contributed by atoms with Gasteiger partial charge in [-0.15, -0.1) is 0 Å². The molecule has 0 radical (unpaired) electrons. The summed E-state index contributed by atoms with van der Waals surface area (Å²) in [7, 11) is 0. The first-order chi connectivity index (χ1) is 8.03. The third kappa shape index (κ3) is 5.07. The van der Waals surface area contributed by atoms with Gasteiger partial charge in [-0.05, 0) is 40.0 Å². The minimum atomic E-state index is -0.562. The molecular weight excluding hydrogens is 232 g/mol. The predicted octanol–water partition coefficient (Wildman–Crippen LogP) is 2.94. The Labute approximate surface area is 110 Å². The van der Waals surface area contributed by atoms with E-state index < -0.39 is 17.0 Å². The van der Waals surface area contributed by atoms with E-state index in [1.54, 1.807) is 13.8 Å². The van der Waals surface area contributed by atoms with Crippen LogP contribution < -0.4 is 0 Å². The average molecular weight is 258 g/mol. The Balaban J connectivity index is 4.25. The Morgan fingerprint density at radius 3 is 2.00 bits per heavy atom. The zero-order chi connectivity index (χ0) is 14.6. The van der Waals surface area contributed by atoms with Crippen LogP contribution in [0.4, 0.5) is 0 Å². The number of hydrogen-bond acceptors (Lipinski definition) is 4. The van der Waals surface area contributed by atoms with Gasteiger partial charge in [-0.1, -0.05) is 20.8 Å². The molecule has 0 heterocycles. The predicted molar refractivity (Wildman–Crippen MR) is 70.0 cm³/mol. The molecule has 0 rings (SSSR count). The Bertz CT molecular complexity index is 303. The molecule has 0 aliphatic rings. The maximum absolute atomic E-state index is 11.7. The van der Waals surface area contributed by atoms with Crippen LogP contribution in [0.2, 0.25) is 0 Å². The maximum atomic E-state index is 11.7. The first-order valence-corrected chi connectivity index (χ1v) is 6.42. The van der Waals surface area contributed by atoms with Crippen molar-refractivity contribution in [3.8, 4) is 0 Å². The third-order valence-corrected chi connectivity index (χ3v) is 3.52. The Kier molecular flexibility index (Phi) is 5.84. The fourth-order valence-electron chi connectivity index (χ4n) is 0.905. The molecule has 0 spiro atoms. The second-order valence-corrected chi connectivity index (χ2v) is 6.05. The van der Waals surface area contributed by atoms with Crippen LogP contribution in [0.5, 0.6) is 0 Å². The van der Waals surface area contributed by atoms with Crippen molar-refractivity contribution in [2.45, 2.75) is 60.5 Å². The van der Waals surface area contributed by atoms with E-state index in [0.29, 0.717) is 6.42 Å². The SMILES string of the molecule is CCC(C)(C)C(=O)OCC(=O)OC(C)(C)C(C)C. The van der Waals surface area contributed by atoms with Gasteiger partial charge in [0.25, 0.3) is 0 Å². The zero-order valence-electron chi connectivity index (χ0n) is 12.6. The van der Waals surface area contributed by atoms with Crippen molar-refractivity contribution in [1.82, 2.24) is 0 Å². The normalized spacial score (nSPS) is 12.4. The van der Waals surface area contributed by atoms with Crippen LogP contribution in [0.1, 0.15) is 54.9 Å². The second kappa shape index (κ2) is 6.21. The van der Waals surface area contributed by atoms with Gasteiger partial charge >= 0.3 is 11.9 Å². The summed E-state index contributed by atoms with van der Waals surface area (Å²) in [5.74, 6) is -0.678. The molecule has 106 valence electrons. The largest absolute Gasteiger partial charge is 0.457 e. The molecule has 0 saturated carbocycles. The number of hydrogen-bond donors (Lipinski definition) is 0. The van der Waals surface area contributed by atoms with Crippen molar-refractivity contribution in [3.63, 3.8) is 0 Å². The lowest BCUT2D eigenvalue weighted by Crippen LogP contribution is -2.36. The minimum absolute atomic E-state index is 0.198. The lowest BCUT2D eigenvalue weighted by atomic mass is 9.91. The fourth-order valence-corrected chi connectivity index (χ4v) is 0.905. The number of rotatable bonds is 6. The van der Waals surface area contributed by atoms with E-state index in [0.717, 1.165) is 0 Å². The van der Waals surface area contributed by atoms with Crippen LogP contribution in [0.3, 0.4) is 0 Å². The van der Waals surface area contributed by atoms with E-state index in [1.165, 1.54) is 0 Å². The molecule has 0 bridgehead atoms. The van der Waals surface area contributed by atoms with Gasteiger partial charge in [0.15, 0.2) is 6.61 Å². The van der Waals surface area contributed by atoms with Crippen LogP contribution in [-0.4, -0.2) is 24.1 Å². The van der Waals surface area contributed by atoms with Crippen molar-refractivity contribution in [1.29, 1.82) is 0 Å². The fraction of sp³-hybridized carbons (Fsp3) is 0.857. The first-order valence-electron chi connectivity index (χ1n) is 6.42. The highest BCUT2D eigenvalue weighted by Gasteiger charge is 2.30. The van der Waals surface area contributed by atoms with Gasteiger partial charge in [-0.25, -0.2) is 4.79 Å². The molecule has 0 aliphatic heterocycles. The summed E-state index contributed by atoms with van der Waals surface area (Å²) in [6.07, 6.45) is 0.665. The first kappa shape index (κ1) is 16.9. The molecule has 4 nitrogen and oxygen atoms in total. The van der Waals surface area contributed by atoms with Gasteiger partial charge in [0, 0.05) is 0 Å². The summed E-state index contributed by atoms with van der Waals surface area (Å²) in [5, 5.41) is 0. The topological polar surface area (TPSA) is 52.6 Å². The van der Waals surface area contributed by atoms with Crippen LogP contribution >= 0.6 is 0 Å². The van der Waals surface area contributed by atoms with Crippen LogP contribution in [-0.2, 0) is 19.1 Å². The molecule has 4 heteroatoms. The maximum Gasteiger partial charge on any atom is 0.344 e. The van der Waals surface area contributed by atoms with Crippen molar-refractivity contribution in [2.75, 3.05) is 6.61 Å². The molecule has 0 fully saturated rings. The summed E-state index contributed by atoms with van der Waals surface area (Å²) in [6.45, 7) is 12.8. The summed E-state index contributed by atoms with van der Waals surface area (Å²) in [6, 6.07) is 0. The lowest BCUT2D eigenvalue weighted by molar-refractivity contribution is -0.174. The third-order valence-electron chi connectivity index (χ3n) is 3.52. The van der Waals surface area contributed by atoms with Crippen LogP contribution in [0.15, 0.2) is 0 Å². The van der Waals surface area contributed by atoms with Gasteiger partial charge in [-0.2, -0.15) is 0 Å². The average Bonchev–Trinajstić information content (AvgIpc) is 2.24. The van der Waals surface area contributed by atoms with Crippen molar-refractivity contribution < 1.29 is 19.1 Å². The van der Waals surface area contributed by atoms with Gasteiger partial charge in [-0.3, -0.25) is 4.79 Å². The van der Waals surface area contributed by atoms with Crippen LogP contribution in [0.25, 0.3) is 0 Å². The van der Waals surface area contributed by atoms with Crippen molar-refractivity contribution in [2.24, 2.45) is 11.3 Å². The van der Waals surface area contributed by atoms with Crippen molar-refractivity contribution >= 4 is 11.9 Å². The monoisotopic (exact) mass is 258 g/mol. The molecule has 0 saturated heterocycles. The molecular formula is C14H26O4. The highest BCUT2D eigenvalue weighted by atomic mass is 16.6. The van der Waals surface area contributed by atoms with E-state index in [4.69, 9.17) is 9.47 Å². The van der Waals surface area contributed by atoms with Gasteiger partial charge < -0.3 is 9.47 Å². The summed E-state index contributed by atoms with van der Waals surface area (Å²) >= 11 is 0. The number of carbonyl (C=O) groups excluding carboxylic acids is 2. The quantitative estimate of drug-likeness (QED) is 0.687. The van der Waals surface area contributed by atoms with Gasteiger partial charge in [0.05, 0.1) is 5.41 Å². The Morgan fingerprint density at radius 1 is 1.11 bits per heavy atom. The van der Waals surface area contributed by atoms with Gasteiger partial charge in [0.1, 0.15) is 5.60 Å². The molecule has 0 amide bonds. The summed E-state index contributed by atoms with van der Waals surface area (Å²) < 4.78 is 10.3. The molecule has 0 aromatic heterocycles. The number of esters is 2. The Hall–Kier alpha value is -1.06. The van der Waals surface area contributed by atoms with E-state index >= 15 is 0 Å². The molecule has 0 aliphatic carbocycles. The molecule has 0 N–H and O–H groups in total. The highest BCUT2D eigenvalue weighted by molar-refractivity contribution is 5.79. The number of ether oxygens (including phenoxy) is 2. The van der Waals surface area contributed by atoms with Crippen molar-refractivity contribution in [3.05, 3.63) is 0 Å². The minimum Gasteiger partial charge on any atom is -0.457 e. The standard InChI is InChI=1S/C14H26O4/c1-8-13(4,5)12(16)17-9-11(15)18-14(6,7)10(2)3/h10H,8-9H2,1-7H3.